The molecule has 1 aromatic heterocycles. The number of carbonyl (C=O) groups is 1. The Morgan fingerprint density at radius 2 is 2.10 bits per heavy atom. The quantitative estimate of drug-likeness (QED) is 0.940. The van der Waals surface area contributed by atoms with Gasteiger partial charge in [-0.2, -0.15) is 0 Å². The summed E-state index contributed by atoms with van der Waals surface area (Å²) >= 11 is 6.27. The number of halogens is 1. The van der Waals surface area contributed by atoms with Crippen molar-refractivity contribution >= 4 is 23.3 Å². The SMILES string of the molecule is O=C(O)c1cc(-c2c(Cl)cccc2N2CCCC2)on1. The largest absolute Gasteiger partial charge is 0.476 e. The highest BCUT2D eigenvalue weighted by Crippen LogP contribution is 2.38. The van der Waals surface area contributed by atoms with Gasteiger partial charge < -0.3 is 14.5 Å². The monoisotopic (exact) mass is 292 g/mol. The summed E-state index contributed by atoms with van der Waals surface area (Å²) in [6, 6.07) is 7.02. The Labute approximate surface area is 120 Å². The molecule has 2 heterocycles. The van der Waals surface area contributed by atoms with Crippen molar-refractivity contribution in [2.24, 2.45) is 0 Å². The Balaban J connectivity index is 2.08. The molecule has 0 unspecified atom stereocenters. The summed E-state index contributed by atoms with van der Waals surface area (Å²) in [6.45, 7) is 1.93. The van der Waals surface area contributed by atoms with Crippen LogP contribution < -0.4 is 4.90 Å². The van der Waals surface area contributed by atoms with Crippen LogP contribution in [0.2, 0.25) is 5.02 Å². The van der Waals surface area contributed by atoms with E-state index < -0.39 is 5.97 Å². The lowest BCUT2D eigenvalue weighted by molar-refractivity contribution is 0.0686. The second-order valence-electron chi connectivity index (χ2n) is 4.71. The zero-order valence-electron chi connectivity index (χ0n) is 10.7. The van der Waals surface area contributed by atoms with Crippen LogP contribution in [-0.2, 0) is 0 Å². The minimum atomic E-state index is -1.12. The number of rotatable bonds is 3. The number of benzene rings is 1. The molecule has 3 rings (SSSR count). The van der Waals surface area contributed by atoms with Gasteiger partial charge in [-0.15, -0.1) is 0 Å². The summed E-state index contributed by atoms with van der Waals surface area (Å²) in [7, 11) is 0. The van der Waals surface area contributed by atoms with Crippen LogP contribution in [0, 0.1) is 0 Å². The lowest BCUT2D eigenvalue weighted by Crippen LogP contribution is -2.18. The minimum Gasteiger partial charge on any atom is -0.476 e. The number of aromatic carboxylic acids is 1. The van der Waals surface area contributed by atoms with Crippen LogP contribution in [-0.4, -0.2) is 29.3 Å². The maximum absolute atomic E-state index is 10.9. The second-order valence-corrected chi connectivity index (χ2v) is 5.12. The molecule has 0 radical (unpaired) electrons. The van der Waals surface area contributed by atoms with E-state index in [9.17, 15) is 4.79 Å². The van der Waals surface area contributed by atoms with E-state index in [0.717, 1.165) is 31.6 Å². The summed E-state index contributed by atoms with van der Waals surface area (Å²) in [5.74, 6) is -0.732. The Morgan fingerprint density at radius 1 is 1.35 bits per heavy atom. The van der Waals surface area contributed by atoms with Crippen LogP contribution in [0.1, 0.15) is 23.3 Å². The summed E-state index contributed by atoms with van der Waals surface area (Å²) in [6.07, 6.45) is 2.28. The molecule has 1 aliphatic heterocycles. The number of hydrogen-bond donors (Lipinski definition) is 1. The van der Waals surface area contributed by atoms with Crippen molar-refractivity contribution < 1.29 is 14.4 Å². The van der Waals surface area contributed by atoms with E-state index in [4.69, 9.17) is 21.2 Å². The van der Waals surface area contributed by atoms with Crippen molar-refractivity contribution in [1.29, 1.82) is 0 Å². The van der Waals surface area contributed by atoms with Gasteiger partial charge in [0, 0.05) is 24.8 Å². The van der Waals surface area contributed by atoms with Gasteiger partial charge in [0.1, 0.15) is 0 Å². The van der Waals surface area contributed by atoms with E-state index >= 15 is 0 Å². The number of carboxylic acid groups (broad SMARTS) is 1. The van der Waals surface area contributed by atoms with Crippen LogP contribution in [0.15, 0.2) is 28.8 Å². The molecule has 0 amide bonds. The van der Waals surface area contributed by atoms with E-state index in [1.165, 1.54) is 6.07 Å². The standard InChI is InChI=1S/C14H13ClN2O3/c15-9-4-3-5-11(17-6-1-2-7-17)13(9)12-8-10(14(18)19)16-20-12/h3-5,8H,1-2,6-7H2,(H,18,19). The molecule has 1 aromatic carbocycles. The van der Waals surface area contributed by atoms with E-state index in [-0.39, 0.29) is 5.69 Å². The summed E-state index contributed by atoms with van der Waals surface area (Å²) < 4.78 is 5.15. The zero-order chi connectivity index (χ0) is 14.1. The van der Waals surface area contributed by atoms with E-state index in [2.05, 4.69) is 10.1 Å². The van der Waals surface area contributed by atoms with E-state index in [1.807, 2.05) is 12.1 Å². The highest BCUT2D eigenvalue weighted by molar-refractivity contribution is 6.34. The van der Waals surface area contributed by atoms with Gasteiger partial charge in [0.25, 0.3) is 0 Å². The van der Waals surface area contributed by atoms with Crippen molar-refractivity contribution in [3.8, 4) is 11.3 Å². The minimum absolute atomic E-state index is 0.118. The van der Waals surface area contributed by atoms with Crippen molar-refractivity contribution in [1.82, 2.24) is 5.16 Å². The van der Waals surface area contributed by atoms with Crippen LogP contribution >= 0.6 is 11.6 Å². The zero-order valence-corrected chi connectivity index (χ0v) is 11.4. The molecular weight excluding hydrogens is 280 g/mol. The molecular formula is C14H13ClN2O3. The lowest BCUT2D eigenvalue weighted by Gasteiger charge is -2.20. The molecule has 104 valence electrons. The third-order valence-corrected chi connectivity index (χ3v) is 3.73. The first-order valence-electron chi connectivity index (χ1n) is 6.40. The predicted octanol–water partition coefficient (Wildman–Crippen LogP) is 3.29. The number of hydrogen-bond acceptors (Lipinski definition) is 4. The van der Waals surface area contributed by atoms with Gasteiger partial charge in [-0.05, 0) is 25.0 Å². The molecule has 6 heteroatoms. The van der Waals surface area contributed by atoms with E-state index in [1.54, 1.807) is 6.07 Å². The number of anilines is 1. The third kappa shape index (κ3) is 2.25. The van der Waals surface area contributed by atoms with Gasteiger partial charge in [-0.25, -0.2) is 4.79 Å². The third-order valence-electron chi connectivity index (χ3n) is 3.41. The number of aromatic nitrogens is 1. The first kappa shape index (κ1) is 13.0. The lowest BCUT2D eigenvalue weighted by atomic mass is 10.1. The van der Waals surface area contributed by atoms with Crippen molar-refractivity contribution in [3.05, 3.63) is 35.0 Å². The fourth-order valence-corrected chi connectivity index (χ4v) is 2.73. The van der Waals surface area contributed by atoms with Crippen molar-refractivity contribution in [2.45, 2.75) is 12.8 Å². The summed E-state index contributed by atoms with van der Waals surface area (Å²) in [4.78, 5) is 13.1. The molecule has 0 aliphatic carbocycles. The van der Waals surface area contributed by atoms with Crippen LogP contribution in [0.25, 0.3) is 11.3 Å². The van der Waals surface area contributed by atoms with Gasteiger partial charge in [0.15, 0.2) is 11.5 Å². The normalized spacial score (nSPS) is 14.8. The molecule has 5 nitrogen and oxygen atoms in total. The molecule has 0 spiro atoms. The summed E-state index contributed by atoms with van der Waals surface area (Å²) in [5.41, 5.74) is 1.55. The predicted molar refractivity (Wildman–Crippen MR) is 75.4 cm³/mol. The van der Waals surface area contributed by atoms with Gasteiger partial charge in [0.2, 0.25) is 0 Å². The molecule has 0 saturated carbocycles. The maximum Gasteiger partial charge on any atom is 0.358 e. The molecule has 1 aliphatic rings. The maximum atomic E-state index is 10.9. The Morgan fingerprint density at radius 3 is 2.75 bits per heavy atom. The molecule has 1 N–H and O–H groups in total. The van der Waals surface area contributed by atoms with Gasteiger partial charge >= 0.3 is 5.97 Å². The Kier molecular flexibility index (Phi) is 3.36. The molecule has 2 aromatic rings. The van der Waals surface area contributed by atoms with Crippen LogP contribution in [0.4, 0.5) is 5.69 Å². The Bertz CT molecular complexity index is 648. The molecule has 0 bridgehead atoms. The van der Waals surface area contributed by atoms with Gasteiger partial charge in [-0.3, -0.25) is 0 Å². The highest BCUT2D eigenvalue weighted by atomic mass is 35.5. The second kappa shape index (κ2) is 5.17. The van der Waals surface area contributed by atoms with Crippen LogP contribution in [0.5, 0.6) is 0 Å². The number of carboxylic acids is 1. The first-order valence-corrected chi connectivity index (χ1v) is 6.78. The van der Waals surface area contributed by atoms with Gasteiger partial charge in [-0.1, -0.05) is 22.8 Å². The first-order chi connectivity index (χ1) is 9.66. The van der Waals surface area contributed by atoms with E-state index in [0.29, 0.717) is 16.3 Å². The van der Waals surface area contributed by atoms with Crippen LogP contribution in [0.3, 0.4) is 0 Å². The average Bonchev–Trinajstić information content (AvgIpc) is 3.10. The number of nitrogens with zero attached hydrogens (tertiary/aromatic N) is 2. The summed E-state index contributed by atoms with van der Waals surface area (Å²) in [5, 5.41) is 13.0. The smallest absolute Gasteiger partial charge is 0.358 e. The fraction of sp³-hybridized carbons (Fsp3) is 0.286. The van der Waals surface area contributed by atoms with Gasteiger partial charge in [0.05, 0.1) is 10.6 Å². The highest BCUT2D eigenvalue weighted by Gasteiger charge is 2.22. The fourth-order valence-electron chi connectivity index (χ4n) is 2.47. The Hall–Kier alpha value is -2.01. The molecule has 0 atom stereocenters. The molecule has 1 saturated heterocycles. The molecule has 20 heavy (non-hydrogen) atoms. The topological polar surface area (TPSA) is 66.6 Å². The van der Waals surface area contributed by atoms with Crippen molar-refractivity contribution in [2.75, 3.05) is 18.0 Å². The van der Waals surface area contributed by atoms with Crippen molar-refractivity contribution in [3.63, 3.8) is 0 Å². The molecule has 1 fully saturated rings. The average molecular weight is 293 g/mol.